The van der Waals surface area contributed by atoms with Gasteiger partial charge in [0.05, 0.1) is 4.92 Å². The molecule has 1 aromatic rings. The van der Waals surface area contributed by atoms with Gasteiger partial charge in [-0.25, -0.2) is 0 Å². The van der Waals surface area contributed by atoms with Crippen molar-refractivity contribution in [3.05, 3.63) is 38.9 Å². The molecule has 0 radical (unpaired) electrons. The SMILES string of the molecule is O=[N+]([O-])c1cc(CNCC(C2CC2)C2CC2)ccc1Cl. The predicted octanol–water partition coefficient (Wildman–Crippen LogP) is 3.77. The summed E-state index contributed by atoms with van der Waals surface area (Å²) in [5.74, 6) is 2.67. The molecule has 2 saturated carbocycles. The third-order valence-corrected chi connectivity index (χ3v) is 4.69. The van der Waals surface area contributed by atoms with E-state index in [2.05, 4.69) is 5.32 Å². The van der Waals surface area contributed by atoms with Crippen LogP contribution in [-0.4, -0.2) is 11.5 Å². The summed E-state index contributed by atoms with van der Waals surface area (Å²) in [6, 6.07) is 5.03. The lowest BCUT2D eigenvalue weighted by Gasteiger charge is -2.16. The van der Waals surface area contributed by atoms with Gasteiger partial charge >= 0.3 is 0 Å². The molecular formula is C15H19ClN2O2. The van der Waals surface area contributed by atoms with Gasteiger partial charge in [0.2, 0.25) is 0 Å². The molecule has 5 heteroatoms. The Morgan fingerprint density at radius 2 is 1.95 bits per heavy atom. The summed E-state index contributed by atoms with van der Waals surface area (Å²) < 4.78 is 0. The first kappa shape index (κ1) is 13.8. The van der Waals surface area contributed by atoms with Gasteiger partial charge < -0.3 is 5.32 Å². The van der Waals surface area contributed by atoms with Crippen LogP contribution in [0, 0.1) is 27.9 Å². The van der Waals surface area contributed by atoms with Crippen molar-refractivity contribution in [3.8, 4) is 0 Å². The van der Waals surface area contributed by atoms with Gasteiger partial charge in [0.15, 0.2) is 0 Å². The van der Waals surface area contributed by atoms with E-state index in [1.165, 1.54) is 25.7 Å². The Morgan fingerprint density at radius 3 is 2.50 bits per heavy atom. The molecule has 4 nitrogen and oxygen atoms in total. The summed E-state index contributed by atoms with van der Waals surface area (Å²) in [6.45, 7) is 1.71. The van der Waals surface area contributed by atoms with Gasteiger partial charge in [-0.05, 0) is 61.6 Å². The van der Waals surface area contributed by atoms with Crippen molar-refractivity contribution < 1.29 is 4.92 Å². The molecule has 0 heterocycles. The number of nitro benzene ring substituents is 1. The molecular weight excluding hydrogens is 276 g/mol. The van der Waals surface area contributed by atoms with Crippen LogP contribution in [0.1, 0.15) is 31.2 Å². The average Bonchev–Trinajstić information content (AvgIpc) is 3.27. The number of rotatable bonds is 7. The Hall–Kier alpha value is -1.13. The third kappa shape index (κ3) is 3.30. The molecule has 0 amide bonds. The lowest BCUT2D eigenvalue weighted by atomic mass is 9.98. The van der Waals surface area contributed by atoms with E-state index in [0.717, 1.165) is 29.9 Å². The molecule has 0 saturated heterocycles. The smallest absolute Gasteiger partial charge is 0.288 e. The van der Waals surface area contributed by atoms with Gasteiger partial charge in [0.1, 0.15) is 5.02 Å². The third-order valence-electron chi connectivity index (χ3n) is 4.37. The average molecular weight is 295 g/mol. The summed E-state index contributed by atoms with van der Waals surface area (Å²) in [4.78, 5) is 10.4. The van der Waals surface area contributed by atoms with Crippen LogP contribution in [0.25, 0.3) is 0 Å². The summed E-state index contributed by atoms with van der Waals surface area (Å²) in [5.41, 5.74) is 0.915. The topological polar surface area (TPSA) is 55.2 Å². The number of benzene rings is 1. The molecule has 2 fully saturated rings. The van der Waals surface area contributed by atoms with E-state index in [4.69, 9.17) is 11.6 Å². The van der Waals surface area contributed by atoms with Gasteiger partial charge in [-0.1, -0.05) is 17.7 Å². The molecule has 2 aliphatic carbocycles. The molecule has 20 heavy (non-hydrogen) atoms. The van der Waals surface area contributed by atoms with E-state index < -0.39 is 4.92 Å². The van der Waals surface area contributed by atoms with Crippen LogP contribution in [0.4, 0.5) is 5.69 Å². The maximum Gasteiger partial charge on any atom is 0.288 e. The van der Waals surface area contributed by atoms with Crippen molar-refractivity contribution in [2.45, 2.75) is 32.2 Å². The zero-order valence-corrected chi connectivity index (χ0v) is 12.1. The molecule has 108 valence electrons. The fourth-order valence-electron chi connectivity index (χ4n) is 2.96. The second-order valence-corrected chi connectivity index (χ2v) is 6.42. The van der Waals surface area contributed by atoms with Crippen molar-refractivity contribution in [2.24, 2.45) is 17.8 Å². The Bertz CT molecular complexity index is 501. The molecule has 0 unspecified atom stereocenters. The highest BCUT2D eigenvalue weighted by molar-refractivity contribution is 6.32. The molecule has 0 spiro atoms. The van der Waals surface area contributed by atoms with E-state index in [1.807, 2.05) is 6.07 Å². The van der Waals surface area contributed by atoms with E-state index in [-0.39, 0.29) is 10.7 Å². The van der Waals surface area contributed by atoms with Crippen LogP contribution in [0.15, 0.2) is 18.2 Å². The van der Waals surface area contributed by atoms with Crippen LogP contribution in [0.5, 0.6) is 0 Å². The number of hydrogen-bond donors (Lipinski definition) is 1. The van der Waals surface area contributed by atoms with Crippen molar-refractivity contribution in [1.82, 2.24) is 5.32 Å². The highest BCUT2D eigenvalue weighted by Gasteiger charge is 2.40. The Morgan fingerprint density at radius 1 is 1.30 bits per heavy atom. The molecule has 1 N–H and O–H groups in total. The fourth-order valence-corrected chi connectivity index (χ4v) is 3.14. The highest BCUT2D eigenvalue weighted by Crippen LogP contribution is 2.48. The van der Waals surface area contributed by atoms with E-state index in [0.29, 0.717) is 6.54 Å². The van der Waals surface area contributed by atoms with Crippen LogP contribution in [0.3, 0.4) is 0 Å². The van der Waals surface area contributed by atoms with Gasteiger partial charge in [-0.2, -0.15) is 0 Å². The van der Waals surface area contributed by atoms with Gasteiger partial charge in [0.25, 0.3) is 5.69 Å². The molecule has 0 aromatic heterocycles. The first-order chi connectivity index (χ1) is 9.65. The van der Waals surface area contributed by atoms with Crippen molar-refractivity contribution in [1.29, 1.82) is 0 Å². The van der Waals surface area contributed by atoms with Gasteiger partial charge in [0, 0.05) is 12.6 Å². The standard InChI is InChI=1S/C15H19ClN2O2/c16-14-6-1-10(7-15(14)18(19)20)8-17-9-13(11-2-3-11)12-4-5-12/h1,6-7,11-13,17H,2-5,8-9H2. The molecule has 0 aliphatic heterocycles. The van der Waals surface area contributed by atoms with E-state index in [9.17, 15) is 10.1 Å². The monoisotopic (exact) mass is 294 g/mol. The maximum atomic E-state index is 10.9. The Labute approximate surface area is 123 Å². The van der Waals surface area contributed by atoms with Crippen molar-refractivity contribution in [2.75, 3.05) is 6.54 Å². The lowest BCUT2D eigenvalue weighted by Crippen LogP contribution is -2.25. The maximum absolute atomic E-state index is 10.9. The molecule has 0 bridgehead atoms. The second-order valence-electron chi connectivity index (χ2n) is 6.01. The van der Waals surface area contributed by atoms with E-state index >= 15 is 0 Å². The lowest BCUT2D eigenvalue weighted by molar-refractivity contribution is -0.384. The second kappa shape index (κ2) is 5.70. The van der Waals surface area contributed by atoms with Crippen LogP contribution < -0.4 is 5.32 Å². The minimum atomic E-state index is -0.428. The number of halogens is 1. The number of nitrogens with one attached hydrogen (secondary N) is 1. The zero-order valence-electron chi connectivity index (χ0n) is 11.3. The minimum Gasteiger partial charge on any atom is -0.312 e. The first-order valence-electron chi connectivity index (χ1n) is 7.28. The molecule has 3 rings (SSSR count). The number of nitro groups is 1. The van der Waals surface area contributed by atoms with Crippen LogP contribution in [-0.2, 0) is 6.54 Å². The summed E-state index contributed by atoms with van der Waals surface area (Å²) in [7, 11) is 0. The molecule has 1 aromatic carbocycles. The predicted molar refractivity (Wildman–Crippen MR) is 78.8 cm³/mol. The Kier molecular flexibility index (Phi) is 3.94. The minimum absolute atomic E-state index is 0.00750. The number of nitrogens with zero attached hydrogens (tertiary/aromatic N) is 1. The van der Waals surface area contributed by atoms with E-state index in [1.54, 1.807) is 12.1 Å². The summed E-state index contributed by atoms with van der Waals surface area (Å²) in [5, 5.41) is 14.5. The highest BCUT2D eigenvalue weighted by atomic mass is 35.5. The van der Waals surface area contributed by atoms with Gasteiger partial charge in [-0.3, -0.25) is 10.1 Å². The van der Waals surface area contributed by atoms with Gasteiger partial charge in [-0.15, -0.1) is 0 Å². The van der Waals surface area contributed by atoms with Crippen molar-refractivity contribution >= 4 is 17.3 Å². The largest absolute Gasteiger partial charge is 0.312 e. The quantitative estimate of drug-likeness (QED) is 0.615. The zero-order chi connectivity index (χ0) is 14.1. The normalized spacial score (nSPS) is 18.5. The summed E-state index contributed by atoms with van der Waals surface area (Å²) >= 11 is 5.81. The number of hydrogen-bond acceptors (Lipinski definition) is 3. The summed E-state index contributed by atoms with van der Waals surface area (Å²) in [6.07, 6.45) is 5.54. The first-order valence-corrected chi connectivity index (χ1v) is 7.66. The fraction of sp³-hybridized carbons (Fsp3) is 0.600. The molecule has 2 aliphatic rings. The van der Waals surface area contributed by atoms with Crippen LogP contribution >= 0.6 is 11.6 Å². The van der Waals surface area contributed by atoms with Crippen molar-refractivity contribution in [3.63, 3.8) is 0 Å². The molecule has 0 atom stereocenters. The van der Waals surface area contributed by atoms with Crippen LogP contribution in [0.2, 0.25) is 5.02 Å². The Balaban J connectivity index is 1.55.